The van der Waals surface area contributed by atoms with Crippen LogP contribution in [0, 0.1) is 13.8 Å². The molecule has 34 heavy (non-hydrogen) atoms. The Morgan fingerprint density at radius 2 is 1.65 bits per heavy atom. The van der Waals surface area contributed by atoms with Gasteiger partial charge in [0.2, 0.25) is 11.8 Å². The van der Waals surface area contributed by atoms with Crippen molar-refractivity contribution < 1.29 is 9.59 Å². The second-order valence-corrected chi connectivity index (χ2v) is 10.3. The highest BCUT2D eigenvalue weighted by Crippen LogP contribution is 2.38. The molecule has 0 fully saturated rings. The van der Waals surface area contributed by atoms with Gasteiger partial charge in [-0.2, -0.15) is 0 Å². The number of benzene rings is 3. The molecule has 7 heteroatoms. The van der Waals surface area contributed by atoms with E-state index in [9.17, 15) is 9.59 Å². The molecule has 0 bridgehead atoms. The fourth-order valence-electron chi connectivity index (χ4n) is 3.49. The lowest BCUT2D eigenvalue weighted by Gasteiger charge is -2.16. The van der Waals surface area contributed by atoms with E-state index < -0.39 is 5.25 Å². The van der Waals surface area contributed by atoms with Gasteiger partial charge in [0, 0.05) is 27.9 Å². The number of aryl methyl sites for hydroxylation is 2. The monoisotopic (exact) mass is 487 g/mol. The van der Waals surface area contributed by atoms with E-state index in [4.69, 9.17) is 4.98 Å². The Labute approximate surface area is 207 Å². The van der Waals surface area contributed by atoms with Crippen molar-refractivity contribution in [1.82, 2.24) is 4.98 Å². The molecule has 172 valence electrons. The first-order valence-corrected chi connectivity index (χ1v) is 12.5. The van der Waals surface area contributed by atoms with E-state index in [1.54, 1.807) is 0 Å². The first-order valence-electron chi connectivity index (χ1n) is 10.8. The summed E-state index contributed by atoms with van der Waals surface area (Å²) >= 11 is 2.90. The molecule has 0 aliphatic carbocycles. The second kappa shape index (κ2) is 10.7. The summed E-state index contributed by atoms with van der Waals surface area (Å²) in [7, 11) is 0. The molecule has 4 rings (SSSR count). The summed E-state index contributed by atoms with van der Waals surface area (Å²) in [5, 5.41) is 5.91. The van der Waals surface area contributed by atoms with Crippen molar-refractivity contribution in [2.24, 2.45) is 0 Å². The molecular formula is C27H25N3O2S2. The summed E-state index contributed by atoms with van der Waals surface area (Å²) in [6.45, 7) is 5.54. The minimum atomic E-state index is -0.485. The maximum Gasteiger partial charge on any atom is 0.244 e. The Morgan fingerprint density at radius 1 is 0.912 bits per heavy atom. The first kappa shape index (κ1) is 23.7. The summed E-state index contributed by atoms with van der Waals surface area (Å²) in [5.41, 5.74) is 4.69. The van der Waals surface area contributed by atoms with Gasteiger partial charge in [-0.05, 0) is 37.6 Å². The van der Waals surface area contributed by atoms with Gasteiger partial charge in [0.05, 0.1) is 5.69 Å². The zero-order chi connectivity index (χ0) is 24.1. The average molecular weight is 488 g/mol. The fraction of sp³-hybridized carbons (Fsp3) is 0.148. The van der Waals surface area contributed by atoms with Crippen LogP contribution in [0.1, 0.15) is 28.2 Å². The van der Waals surface area contributed by atoms with E-state index >= 15 is 0 Å². The third kappa shape index (κ3) is 5.92. The Kier molecular flexibility index (Phi) is 7.45. The number of carbonyl (C=O) groups is 2. The summed E-state index contributed by atoms with van der Waals surface area (Å²) in [4.78, 5) is 31.5. The van der Waals surface area contributed by atoms with Crippen molar-refractivity contribution in [2.75, 3.05) is 10.6 Å². The van der Waals surface area contributed by atoms with E-state index in [2.05, 4.69) is 29.7 Å². The molecule has 1 aromatic heterocycles. The standard InChI is InChI=1S/C27H25N3O2S2/c1-17-12-14-20(15-13-17)24-18(2)33-27(29-24)30-26(32)25(21-8-5-4-6-9-21)34-23-11-7-10-22(16-23)28-19(3)31/h4-16,25H,1-3H3,(H,28,31)(H,29,30,32). The van der Waals surface area contributed by atoms with Gasteiger partial charge in [-0.3, -0.25) is 9.59 Å². The van der Waals surface area contributed by atoms with Crippen molar-refractivity contribution in [3.05, 3.63) is 94.9 Å². The van der Waals surface area contributed by atoms with Gasteiger partial charge in [0.1, 0.15) is 5.25 Å². The number of carbonyl (C=O) groups excluding carboxylic acids is 2. The van der Waals surface area contributed by atoms with Gasteiger partial charge in [-0.15, -0.1) is 23.1 Å². The highest BCUT2D eigenvalue weighted by molar-refractivity contribution is 8.00. The van der Waals surface area contributed by atoms with E-state index in [1.165, 1.54) is 35.6 Å². The van der Waals surface area contributed by atoms with Crippen LogP contribution in [-0.2, 0) is 9.59 Å². The quantitative estimate of drug-likeness (QED) is 0.279. The molecule has 0 radical (unpaired) electrons. The van der Waals surface area contributed by atoms with Crippen molar-refractivity contribution in [1.29, 1.82) is 0 Å². The number of anilines is 2. The van der Waals surface area contributed by atoms with Crippen LogP contribution in [0.4, 0.5) is 10.8 Å². The molecule has 2 amide bonds. The predicted octanol–water partition coefficient (Wildman–Crippen LogP) is 6.86. The van der Waals surface area contributed by atoms with Crippen molar-refractivity contribution in [3.63, 3.8) is 0 Å². The highest BCUT2D eigenvalue weighted by Gasteiger charge is 2.24. The molecule has 5 nitrogen and oxygen atoms in total. The summed E-state index contributed by atoms with van der Waals surface area (Å²) < 4.78 is 0. The smallest absolute Gasteiger partial charge is 0.244 e. The van der Waals surface area contributed by atoms with Crippen molar-refractivity contribution in [3.8, 4) is 11.3 Å². The molecule has 0 aliphatic heterocycles. The number of aromatic nitrogens is 1. The molecule has 4 aromatic rings. The van der Waals surface area contributed by atoms with E-state index in [0.717, 1.165) is 26.6 Å². The molecule has 0 aliphatic rings. The molecule has 1 atom stereocenters. The molecule has 0 saturated heterocycles. The van der Waals surface area contributed by atoms with Gasteiger partial charge < -0.3 is 10.6 Å². The minimum absolute atomic E-state index is 0.136. The van der Waals surface area contributed by atoms with Crippen LogP contribution in [0.5, 0.6) is 0 Å². The third-order valence-corrected chi connectivity index (χ3v) is 7.23. The van der Waals surface area contributed by atoms with Crippen LogP contribution >= 0.6 is 23.1 Å². The lowest BCUT2D eigenvalue weighted by atomic mass is 10.1. The van der Waals surface area contributed by atoms with Crippen LogP contribution in [0.2, 0.25) is 0 Å². The van der Waals surface area contributed by atoms with Crippen LogP contribution < -0.4 is 10.6 Å². The molecule has 1 heterocycles. The fourth-order valence-corrected chi connectivity index (χ4v) is 5.41. The minimum Gasteiger partial charge on any atom is -0.326 e. The molecule has 3 aromatic carbocycles. The van der Waals surface area contributed by atoms with E-state index in [-0.39, 0.29) is 11.8 Å². The number of rotatable bonds is 7. The van der Waals surface area contributed by atoms with Gasteiger partial charge >= 0.3 is 0 Å². The van der Waals surface area contributed by atoms with Crippen LogP contribution in [0.25, 0.3) is 11.3 Å². The van der Waals surface area contributed by atoms with Crippen molar-refractivity contribution >= 4 is 45.7 Å². The molecular weight excluding hydrogens is 462 g/mol. The molecule has 0 spiro atoms. The molecule has 1 unspecified atom stereocenters. The summed E-state index contributed by atoms with van der Waals surface area (Å²) in [6.07, 6.45) is 0. The number of hydrogen-bond donors (Lipinski definition) is 2. The SMILES string of the molecule is CC(=O)Nc1cccc(SC(C(=O)Nc2nc(-c3ccc(C)cc3)c(C)s2)c2ccccc2)c1. The van der Waals surface area contributed by atoms with Gasteiger partial charge in [0.25, 0.3) is 0 Å². The third-order valence-electron chi connectivity index (χ3n) is 5.10. The number of thioether (sulfide) groups is 1. The number of nitrogens with one attached hydrogen (secondary N) is 2. The van der Waals surface area contributed by atoms with Gasteiger partial charge in [-0.25, -0.2) is 4.98 Å². The Bertz CT molecular complexity index is 1300. The van der Waals surface area contributed by atoms with E-state index in [1.807, 2.05) is 73.7 Å². The Morgan fingerprint density at radius 3 is 2.35 bits per heavy atom. The normalized spacial score (nSPS) is 11.6. The van der Waals surface area contributed by atoms with Crippen molar-refractivity contribution in [2.45, 2.75) is 30.9 Å². The predicted molar refractivity (Wildman–Crippen MR) is 141 cm³/mol. The second-order valence-electron chi connectivity index (χ2n) is 7.90. The Balaban J connectivity index is 1.58. The maximum atomic E-state index is 13.4. The van der Waals surface area contributed by atoms with Gasteiger partial charge in [0.15, 0.2) is 5.13 Å². The summed E-state index contributed by atoms with van der Waals surface area (Å²) in [5.74, 6) is -0.284. The van der Waals surface area contributed by atoms with Crippen LogP contribution in [0.15, 0.2) is 83.8 Å². The number of thiazole rings is 1. The average Bonchev–Trinajstić information content (AvgIpc) is 3.18. The topological polar surface area (TPSA) is 71.1 Å². The number of nitrogens with zero attached hydrogens (tertiary/aromatic N) is 1. The van der Waals surface area contributed by atoms with Gasteiger partial charge in [-0.1, -0.05) is 66.2 Å². The number of amides is 2. The maximum absolute atomic E-state index is 13.4. The Hall–Kier alpha value is -3.42. The largest absolute Gasteiger partial charge is 0.326 e. The number of hydrogen-bond acceptors (Lipinski definition) is 5. The first-order chi connectivity index (χ1) is 16.4. The molecule has 2 N–H and O–H groups in total. The highest BCUT2D eigenvalue weighted by atomic mass is 32.2. The summed E-state index contributed by atoms with van der Waals surface area (Å²) in [6, 6.07) is 25.4. The van der Waals surface area contributed by atoms with E-state index in [0.29, 0.717) is 10.8 Å². The molecule has 0 saturated carbocycles. The van der Waals surface area contributed by atoms with Crippen LogP contribution in [-0.4, -0.2) is 16.8 Å². The zero-order valence-electron chi connectivity index (χ0n) is 19.2. The zero-order valence-corrected chi connectivity index (χ0v) is 20.8. The lowest BCUT2D eigenvalue weighted by Crippen LogP contribution is -2.19. The van der Waals surface area contributed by atoms with Crippen LogP contribution in [0.3, 0.4) is 0 Å². The lowest BCUT2D eigenvalue weighted by molar-refractivity contribution is -0.116.